The van der Waals surface area contributed by atoms with Crippen LogP contribution < -0.4 is 15.4 Å². The molecule has 3 rings (SSSR count). The number of amides is 3. The third-order valence-electron chi connectivity index (χ3n) is 4.65. The van der Waals surface area contributed by atoms with E-state index in [4.69, 9.17) is 4.74 Å². The van der Waals surface area contributed by atoms with Crippen LogP contribution in [0.3, 0.4) is 0 Å². The number of nitrogens with one attached hydrogen (secondary N) is 2. The maximum absolute atomic E-state index is 12.5. The number of hydrazone groups is 1. The van der Waals surface area contributed by atoms with Crippen molar-refractivity contribution >= 4 is 34.8 Å². The average molecular weight is 408 g/mol. The van der Waals surface area contributed by atoms with Crippen LogP contribution in [0.15, 0.2) is 53.6 Å². The van der Waals surface area contributed by atoms with Crippen LogP contribution in [0.4, 0.5) is 11.4 Å². The first-order valence-corrected chi connectivity index (χ1v) is 9.70. The number of benzene rings is 2. The van der Waals surface area contributed by atoms with Gasteiger partial charge in [-0.15, -0.1) is 0 Å². The minimum absolute atomic E-state index is 0.118. The predicted molar refractivity (Wildman–Crippen MR) is 114 cm³/mol. The van der Waals surface area contributed by atoms with E-state index in [-0.39, 0.29) is 36.9 Å². The van der Waals surface area contributed by atoms with E-state index in [0.29, 0.717) is 17.1 Å². The monoisotopic (exact) mass is 408 g/mol. The van der Waals surface area contributed by atoms with Crippen LogP contribution in [0.25, 0.3) is 0 Å². The lowest BCUT2D eigenvalue weighted by atomic mass is 10.1. The van der Waals surface area contributed by atoms with Crippen molar-refractivity contribution in [2.24, 2.45) is 5.10 Å². The third-order valence-corrected chi connectivity index (χ3v) is 4.65. The number of nitrogens with zero attached hydrogens (tertiary/aromatic N) is 2. The highest BCUT2D eigenvalue weighted by Gasteiger charge is 2.26. The first kappa shape index (κ1) is 21.0. The van der Waals surface area contributed by atoms with Crippen LogP contribution in [0.1, 0.15) is 25.3 Å². The molecule has 0 aliphatic carbocycles. The van der Waals surface area contributed by atoms with Gasteiger partial charge in [-0.2, -0.15) is 5.10 Å². The number of ether oxygens (including phenoxy) is 1. The normalized spacial score (nSPS) is 13.5. The molecule has 0 unspecified atom stereocenters. The minimum atomic E-state index is -0.409. The molecule has 0 bridgehead atoms. The van der Waals surface area contributed by atoms with E-state index in [0.717, 1.165) is 17.0 Å². The zero-order valence-corrected chi connectivity index (χ0v) is 17.0. The van der Waals surface area contributed by atoms with Crippen LogP contribution >= 0.6 is 0 Å². The van der Waals surface area contributed by atoms with E-state index in [1.165, 1.54) is 0 Å². The fourth-order valence-corrected chi connectivity index (χ4v) is 2.93. The van der Waals surface area contributed by atoms with Crippen LogP contribution in [0.2, 0.25) is 0 Å². The molecule has 0 fully saturated rings. The molecular weight excluding hydrogens is 384 g/mol. The van der Waals surface area contributed by atoms with E-state index >= 15 is 0 Å². The van der Waals surface area contributed by atoms with Crippen LogP contribution in [-0.4, -0.2) is 42.1 Å². The highest BCUT2D eigenvalue weighted by molar-refractivity contribution is 6.43. The van der Waals surface area contributed by atoms with Crippen LogP contribution in [0.5, 0.6) is 5.75 Å². The summed E-state index contributed by atoms with van der Waals surface area (Å²) >= 11 is 0. The zero-order valence-electron chi connectivity index (χ0n) is 17.0. The van der Waals surface area contributed by atoms with Crippen molar-refractivity contribution < 1.29 is 19.1 Å². The van der Waals surface area contributed by atoms with E-state index in [9.17, 15) is 14.4 Å². The van der Waals surface area contributed by atoms with Crippen molar-refractivity contribution in [2.45, 2.75) is 26.2 Å². The molecule has 8 nitrogen and oxygen atoms in total. The largest absolute Gasteiger partial charge is 0.497 e. The number of methoxy groups -OCH3 is 1. The Hall–Kier alpha value is -3.68. The van der Waals surface area contributed by atoms with Crippen molar-refractivity contribution in [2.75, 3.05) is 24.3 Å². The second kappa shape index (κ2) is 9.69. The fourth-order valence-electron chi connectivity index (χ4n) is 2.93. The summed E-state index contributed by atoms with van der Waals surface area (Å²) in [6.45, 7) is 1.80. The Labute approximate surface area is 174 Å². The van der Waals surface area contributed by atoms with Gasteiger partial charge in [0.25, 0.3) is 5.91 Å². The lowest BCUT2D eigenvalue weighted by Gasteiger charge is -2.22. The van der Waals surface area contributed by atoms with Crippen molar-refractivity contribution in [3.05, 3.63) is 54.1 Å². The molecule has 2 aromatic rings. The fraction of sp³-hybridized carbons (Fsp3) is 0.273. The molecule has 156 valence electrons. The molecule has 30 heavy (non-hydrogen) atoms. The summed E-state index contributed by atoms with van der Waals surface area (Å²) in [7, 11) is 1.56. The van der Waals surface area contributed by atoms with Gasteiger partial charge in [0.1, 0.15) is 18.0 Å². The van der Waals surface area contributed by atoms with Gasteiger partial charge in [-0.25, -0.2) is 5.01 Å². The quantitative estimate of drug-likeness (QED) is 0.736. The Morgan fingerprint density at radius 3 is 2.27 bits per heavy atom. The van der Waals surface area contributed by atoms with Gasteiger partial charge in [-0.1, -0.05) is 19.1 Å². The molecule has 0 radical (unpaired) electrons. The molecular formula is C22H24N4O4. The topological polar surface area (TPSA) is 100 Å². The summed E-state index contributed by atoms with van der Waals surface area (Å²) in [4.78, 5) is 37.0. The number of rotatable bonds is 7. The van der Waals surface area contributed by atoms with E-state index in [2.05, 4.69) is 22.7 Å². The van der Waals surface area contributed by atoms with Gasteiger partial charge in [0.2, 0.25) is 11.8 Å². The van der Waals surface area contributed by atoms with Gasteiger partial charge in [-0.3, -0.25) is 14.4 Å². The Balaban J connectivity index is 1.62. The Kier molecular flexibility index (Phi) is 6.79. The smallest absolute Gasteiger partial charge is 0.271 e. The van der Waals surface area contributed by atoms with Crippen molar-refractivity contribution in [1.29, 1.82) is 0 Å². The summed E-state index contributed by atoms with van der Waals surface area (Å²) in [5, 5.41) is 10.6. The SMILES string of the molecule is CCc1ccc(NC(=O)CN2N=C(C(=O)Nc3ccc(OC)cc3)CCC2=O)cc1. The summed E-state index contributed by atoms with van der Waals surface area (Å²) in [5.74, 6) is -0.413. The first-order valence-electron chi connectivity index (χ1n) is 9.70. The standard InChI is InChI=1S/C22H24N4O4/c1-3-15-4-6-16(7-5-15)23-20(27)14-26-21(28)13-12-19(25-26)22(29)24-17-8-10-18(30-2)11-9-17/h4-11H,3,12-14H2,1-2H3,(H,23,27)(H,24,29). The molecule has 0 spiro atoms. The van der Waals surface area contributed by atoms with Crippen LogP contribution in [0, 0.1) is 0 Å². The van der Waals surface area contributed by atoms with Crippen molar-refractivity contribution in [3.8, 4) is 5.75 Å². The molecule has 0 saturated heterocycles. The number of anilines is 2. The van der Waals surface area contributed by atoms with E-state index < -0.39 is 5.91 Å². The summed E-state index contributed by atoms with van der Waals surface area (Å²) in [6, 6.07) is 14.4. The molecule has 3 amide bonds. The van der Waals surface area contributed by atoms with Gasteiger partial charge in [0.05, 0.1) is 7.11 Å². The Morgan fingerprint density at radius 2 is 1.63 bits per heavy atom. The predicted octanol–water partition coefficient (Wildman–Crippen LogP) is 2.81. The number of carbonyl (C=O) groups excluding carboxylic acids is 3. The third kappa shape index (κ3) is 5.44. The lowest BCUT2D eigenvalue weighted by molar-refractivity contribution is -0.135. The summed E-state index contributed by atoms with van der Waals surface area (Å²) in [6.07, 6.45) is 1.25. The Bertz CT molecular complexity index is 952. The molecule has 1 aliphatic rings. The second-order valence-electron chi connectivity index (χ2n) is 6.78. The van der Waals surface area contributed by atoms with Crippen LogP contribution in [-0.2, 0) is 20.8 Å². The number of aryl methyl sites for hydroxylation is 1. The highest BCUT2D eigenvalue weighted by Crippen LogP contribution is 2.17. The molecule has 1 aliphatic heterocycles. The van der Waals surface area contributed by atoms with Gasteiger partial charge in [0, 0.05) is 24.2 Å². The molecule has 0 saturated carbocycles. The number of hydrogen-bond acceptors (Lipinski definition) is 5. The van der Waals surface area contributed by atoms with Crippen molar-refractivity contribution in [1.82, 2.24) is 5.01 Å². The number of carbonyl (C=O) groups is 3. The Morgan fingerprint density at radius 1 is 1.00 bits per heavy atom. The summed E-state index contributed by atoms with van der Waals surface area (Å²) in [5.41, 5.74) is 2.59. The second-order valence-corrected chi connectivity index (χ2v) is 6.78. The molecule has 0 aromatic heterocycles. The van der Waals surface area contributed by atoms with Crippen molar-refractivity contribution in [3.63, 3.8) is 0 Å². The van der Waals surface area contributed by atoms with Gasteiger partial charge < -0.3 is 15.4 Å². The van der Waals surface area contributed by atoms with E-state index in [1.807, 2.05) is 24.3 Å². The minimum Gasteiger partial charge on any atom is -0.497 e. The van der Waals surface area contributed by atoms with Gasteiger partial charge in [-0.05, 0) is 48.4 Å². The molecule has 2 aromatic carbocycles. The van der Waals surface area contributed by atoms with E-state index in [1.54, 1.807) is 31.4 Å². The number of hydrogen-bond donors (Lipinski definition) is 2. The molecule has 1 heterocycles. The molecule has 2 N–H and O–H groups in total. The van der Waals surface area contributed by atoms with Gasteiger partial charge >= 0.3 is 0 Å². The maximum Gasteiger partial charge on any atom is 0.271 e. The summed E-state index contributed by atoms with van der Waals surface area (Å²) < 4.78 is 5.09. The molecule has 8 heteroatoms. The van der Waals surface area contributed by atoms with Gasteiger partial charge in [0.15, 0.2) is 0 Å². The lowest BCUT2D eigenvalue weighted by Crippen LogP contribution is -2.40. The highest BCUT2D eigenvalue weighted by atomic mass is 16.5. The first-order chi connectivity index (χ1) is 14.5. The maximum atomic E-state index is 12.5. The average Bonchev–Trinajstić information content (AvgIpc) is 2.76. The molecule has 0 atom stereocenters. The zero-order chi connectivity index (χ0) is 21.5.